The highest BCUT2D eigenvalue weighted by Gasteiger charge is 2.35. The fraction of sp³-hybridized carbons (Fsp3) is 0.231. The maximum Gasteiger partial charge on any atom is 0.199 e. The van der Waals surface area contributed by atoms with Gasteiger partial charge in [-0.25, -0.2) is 10.0 Å². The molecule has 2 aliphatic rings. The zero-order valence-electron chi connectivity index (χ0n) is 10.4. The van der Waals surface area contributed by atoms with Crippen molar-refractivity contribution >= 4 is 40.9 Å². The lowest BCUT2D eigenvalue weighted by molar-refractivity contribution is 1.04. The number of nitrogens with zero attached hydrogens (tertiary/aromatic N) is 4. The van der Waals surface area contributed by atoms with Crippen molar-refractivity contribution in [3.63, 3.8) is 0 Å². The highest BCUT2D eigenvalue weighted by molar-refractivity contribution is 7.80. The first-order chi connectivity index (χ1) is 9.29. The first kappa shape index (κ1) is 12.0. The summed E-state index contributed by atoms with van der Waals surface area (Å²) >= 11 is 5.16. The molecule has 19 heavy (non-hydrogen) atoms. The van der Waals surface area contributed by atoms with E-state index in [1.165, 1.54) is 0 Å². The van der Waals surface area contributed by atoms with Crippen molar-refractivity contribution in [2.24, 2.45) is 21.0 Å². The molecule has 1 aromatic rings. The molecule has 2 heterocycles. The molecule has 0 saturated heterocycles. The standard InChI is InChI=1S/C13H13N5S/c1-2-14-11-10-8-15-18(9-6-4-3-5-7-9)12(10)17-13(19)16-11/h3-8,10H,2H2,1H3,(H,14,16,19). The summed E-state index contributed by atoms with van der Waals surface area (Å²) in [5.41, 5.74) is 0.973. The van der Waals surface area contributed by atoms with Crippen LogP contribution in [-0.4, -0.2) is 29.5 Å². The Labute approximate surface area is 116 Å². The summed E-state index contributed by atoms with van der Waals surface area (Å²) < 4.78 is 0. The highest BCUT2D eigenvalue weighted by atomic mass is 32.1. The topological polar surface area (TPSA) is 52.4 Å². The number of fused-ring (bicyclic) bond motifs is 1. The van der Waals surface area contributed by atoms with Crippen molar-refractivity contribution in [3.05, 3.63) is 30.3 Å². The van der Waals surface area contributed by atoms with Crippen LogP contribution < -0.4 is 10.3 Å². The second kappa shape index (κ2) is 4.89. The fourth-order valence-corrected chi connectivity index (χ4v) is 2.29. The molecule has 3 rings (SSSR count). The van der Waals surface area contributed by atoms with E-state index in [4.69, 9.17) is 12.2 Å². The molecular formula is C13H13N5S. The molecule has 0 fully saturated rings. The van der Waals surface area contributed by atoms with E-state index in [-0.39, 0.29) is 5.92 Å². The number of hydrogen-bond acceptors (Lipinski definition) is 4. The number of aliphatic imine (C=N–C) groups is 2. The van der Waals surface area contributed by atoms with E-state index in [0.29, 0.717) is 11.7 Å². The number of nitrogens with one attached hydrogen (secondary N) is 1. The Morgan fingerprint density at radius 2 is 2.16 bits per heavy atom. The van der Waals surface area contributed by atoms with Crippen molar-refractivity contribution in [3.8, 4) is 0 Å². The average molecular weight is 271 g/mol. The van der Waals surface area contributed by atoms with E-state index in [1.807, 2.05) is 48.5 Å². The first-order valence-corrected chi connectivity index (χ1v) is 6.53. The molecule has 1 aromatic carbocycles. The normalized spacial score (nSPS) is 23.3. The maximum absolute atomic E-state index is 5.16. The Morgan fingerprint density at radius 1 is 1.37 bits per heavy atom. The van der Waals surface area contributed by atoms with Crippen molar-refractivity contribution in [2.75, 3.05) is 11.6 Å². The lowest BCUT2D eigenvalue weighted by atomic mass is 10.1. The van der Waals surface area contributed by atoms with Crippen LogP contribution in [-0.2, 0) is 0 Å². The van der Waals surface area contributed by atoms with Crippen LogP contribution in [0, 0.1) is 5.92 Å². The van der Waals surface area contributed by atoms with Crippen LogP contribution in [0.3, 0.4) is 0 Å². The Kier molecular flexibility index (Phi) is 3.08. The van der Waals surface area contributed by atoms with Crippen LogP contribution in [0.5, 0.6) is 0 Å². The van der Waals surface area contributed by atoms with Gasteiger partial charge in [0.2, 0.25) is 0 Å². The van der Waals surface area contributed by atoms with Gasteiger partial charge in [0.1, 0.15) is 17.6 Å². The molecule has 0 aromatic heterocycles. The first-order valence-electron chi connectivity index (χ1n) is 6.13. The van der Waals surface area contributed by atoms with Crippen molar-refractivity contribution in [1.82, 2.24) is 5.32 Å². The molecule has 96 valence electrons. The third-order valence-electron chi connectivity index (χ3n) is 2.90. The molecule has 0 spiro atoms. The minimum Gasteiger partial charge on any atom is -0.318 e. The molecule has 1 N–H and O–H groups in total. The lowest BCUT2D eigenvalue weighted by Gasteiger charge is -2.24. The van der Waals surface area contributed by atoms with Gasteiger partial charge < -0.3 is 5.32 Å². The van der Waals surface area contributed by atoms with Gasteiger partial charge in [-0.3, -0.25) is 4.99 Å². The molecule has 0 aliphatic carbocycles. The molecule has 1 unspecified atom stereocenters. The summed E-state index contributed by atoms with van der Waals surface area (Å²) in [5, 5.41) is 9.69. The number of amidine groups is 2. The van der Waals surface area contributed by atoms with Crippen LogP contribution in [0.2, 0.25) is 0 Å². The lowest BCUT2D eigenvalue weighted by Crippen LogP contribution is -2.46. The Balaban J connectivity index is 1.99. The van der Waals surface area contributed by atoms with Gasteiger partial charge in [0, 0.05) is 12.8 Å². The van der Waals surface area contributed by atoms with Crippen LogP contribution in [0.1, 0.15) is 6.92 Å². The Bertz CT molecular complexity index is 590. The smallest absolute Gasteiger partial charge is 0.199 e. The van der Waals surface area contributed by atoms with Crippen LogP contribution >= 0.6 is 12.2 Å². The monoisotopic (exact) mass is 271 g/mol. The number of hydrazone groups is 1. The van der Waals surface area contributed by atoms with Gasteiger partial charge >= 0.3 is 0 Å². The van der Waals surface area contributed by atoms with Gasteiger partial charge in [-0.2, -0.15) is 5.10 Å². The molecule has 0 bridgehead atoms. The van der Waals surface area contributed by atoms with E-state index in [2.05, 4.69) is 20.4 Å². The maximum atomic E-state index is 5.16. The number of anilines is 1. The molecule has 6 heteroatoms. The number of thiocarbonyl (C=S) groups is 1. The third-order valence-corrected chi connectivity index (χ3v) is 3.09. The minimum absolute atomic E-state index is 0.0353. The Morgan fingerprint density at radius 3 is 2.89 bits per heavy atom. The van der Waals surface area contributed by atoms with Crippen LogP contribution in [0.15, 0.2) is 45.4 Å². The van der Waals surface area contributed by atoms with Gasteiger partial charge in [-0.05, 0) is 31.3 Å². The van der Waals surface area contributed by atoms with Gasteiger partial charge in [0.05, 0.1) is 5.69 Å². The van der Waals surface area contributed by atoms with Crippen molar-refractivity contribution < 1.29 is 0 Å². The zero-order valence-corrected chi connectivity index (χ0v) is 11.3. The largest absolute Gasteiger partial charge is 0.318 e. The third kappa shape index (κ3) is 2.15. The molecule has 0 saturated carbocycles. The molecule has 1 atom stereocenters. The molecule has 0 amide bonds. The van der Waals surface area contributed by atoms with Crippen LogP contribution in [0.4, 0.5) is 5.69 Å². The molecule has 2 aliphatic heterocycles. The van der Waals surface area contributed by atoms with Crippen molar-refractivity contribution in [1.29, 1.82) is 0 Å². The minimum atomic E-state index is -0.0353. The Hall–Kier alpha value is -2.08. The second-order valence-electron chi connectivity index (χ2n) is 4.15. The van der Waals surface area contributed by atoms with E-state index < -0.39 is 0 Å². The molecule has 0 radical (unpaired) electrons. The predicted molar refractivity (Wildman–Crippen MR) is 82.0 cm³/mol. The van der Waals surface area contributed by atoms with Gasteiger partial charge in [0.25, 0.3) is 0 Å². The molecule has 5 nitrogen and oxygen atoms in total. The number of benzene rings is 1. The van der Waals surface area contributed by atoms with E-state index in [0.717, 1.165) is 17.4 Å². The van der Waals surface area contributed by atoms with E-state index >= 15 is 0 Å². The van der Waals surface area contributed by atoms with E-state index in [1.54, 1.807) is 0 Å². The summed E-state index contributed by atoms with van der Waals surface area (Å²) in [6.45, 7) is 2.69. The molecular weight excluding hydrogens is 258 g/mol. The van der Waals surface area contributed by atoms with Crippen molar-refractivity contribution in [2.45, 2.75) is 6.92 Å². The summed E-state index contributed by atoms with van der Waals surface area (Å²) in [6.07, 6.45) is 1.84. The van der Waals surface area contributed by atoms with E-state index in [9.17, 15) is 0 Å². The SMILES string of the molecule is CCN=C1NC(=S)N=C2C1C=NN2c1ccccc1. The number of rotatable bonds is 2. The summed E-state index contributed by atoms with van der Waals surface area (Å²) in [4.78, 5) is 8.82. The second-order valence-corrected chi connectivity index (χ2v) is 4.54. The van der Waals surface area contributed by atoms with Gasteiger partial charge in [0.15, 0.2) is 5.11 Å². The summed E-state index contributed by atoms with van der Waals surface area (Å²) in [6, 6.07) is 9.89. The fourth-order valence-electron chi connectivity index (χ4n) is 2.10. The average Bonchev–Trinajstić information content (AvgIpc) is 2.84. The number of para-hydroxylation sites is 1. The summed E-state index contributed by atoms with van der Waals surface area (Å²) in [7, 11) is 0. The van der Waals surface area contributed by atoms with Gasteiger partial charge in [-0.15, -0.1) is 0 Å². The number of hydrogen-bond donors (Lipinski definition) is 1. The quantitative estimate of drug-likeness (QED) is 0.835. The summed E-state index contributed by atoms with van der Waals surface area (Å²) in [5.74, 6) is 1.59. The highest BCUT2D eigenvalue weighted by Crippen LogP contribution is 2.23. The predicted octanol–water partition coefficient (Wildman–Crippen LogP) is 1.81. The van der Waals surface area contributed by atoms with Gasteiger partial charge in [-0.1, -0.05) is 18.2 Å². The van der Waals surface area contributed by atoms with Crippen LogP contribution in [0.25, 0.3) is 0 Å². The zero-order chi connectivity index (χ0) is 13.2.